The highest BCUT2D eigenvalue weighted by Gasteiger charge is 2.25. The van der Waals surface area contributed by atoms with Crippen LogP contribution in [-0.4, -0.2) is 30.5 Å². The van der Waals surface area contributed by atoms with Crippen molar-refractivity contribution in [3.05, 3.63) is 52.3 Å². The number of H-pyrrole nitrogens is 1. The van der Waals surface area contributed by atoms with E-state index in [-0.39, 0.29) is 6.61 Å². The number of hydrogen-bond acceptors (Lipinski definition) is 6. The molecule has 0 bridgehead atoms. The second-order valence-corrected chi connectivity index (χ2v) is 10.3. The summed E-state index contributed by atoms with van der Waals surface area (Å²) in [7, 11) is -2.06. The summed E-state index contributed by atoms with van der Waals surface area (Å²) in [6.45, 7) is 1.93. The van der Waals surface area contributed by atoms with Gasteiger partial charge < -0.3 is 10.1 Å². The Morgan fingerprint density at radius 3 is 2.78 bits per heavy atom. The second kappa shape index (κ2) is 6.75. The van der Waals surface area contributed by atoms with Gasteiger partial charge in [0.25, 0.3) is 10.0 Å². The summed E-state index contributed by atoms with van der Waals surface area (Å²) in [6.07, 6.45) is 1.65. The molecule has 0 atom stereocenters. The van der Waals surface area contributed by atoms with Crippen molar-refractivity contribution in [3.63, 3.8) is 0 Å². The standard InChI is InChI=1S/C18H17N3O3S3/c1-11-5-6-15(21(2)27(23,24)16-4-3-7-25-16)17-13(11)8-14(20-17)18-19-9-12(10-22)26-18/h3-9,20,22H,10H2,1-2H3. The molecule has 0 amide bonds. The number of benzene rings is 1. The molecule has 3 heterocycles. The number of thiophene rings is 1. The van der Waals surface area contributed by atoms with Crippen molar-refractivity contribution in [2.45, 2.75) is 17.7 Å². The summed E-state index contributed by atoms with van der Waals surface area (Å²) in [5.74, 6) is 0. The molecule has 4 rings (SSSR count). The molecule has 9 heteroatoms. The van der Waals surface area contributed by atoms with Gasteiger partial charge in [-0.1, -0.05) is 12.1 Å². The predicted octanol–water partition coefficient (Wildman–Crippen LogP) is 3.98. The molecule has 27 heavy (non-hydrogen) atoms. The molecule has 0 unspecified atom stereocenters. The maximum Gasteiger partial charge on any atom is 0.273 e. The molecule has 0 radical (unpaired) electrons. The highest BCUT2D eigenvalue weighted by molar-refractivity contribution is 7.94. The lowest BCUT2D eigenvalue weighted by Gasteiger charge is -2.19. The van der Waals surface area contributed by atoms with Crippen LogP contribution in [0.4, 0.5) is 5.69 Å². The van der Waals surface area contributed by atoms with E-state index in [1.807, 2.05) is 25.1 Å². The maximum absolute atomic E-state index is 12.9. The topological polar surface area (TPSA) is 86.3 Å². The van der Waals surface area contributed by atoms with Crippen LogP contribution in [0.2, 0.25) is 0 Å². The van der Waals surface area contributed by atoms with Gasteiger partial charge in [-0.2, -0.15) is 0 Å². The van der Waals surface area contributed by atoms with Gasteiger partial charge in [-0.05, 0) is 36.1 Å². The van der Waals surface area contributed by atoms with E-state index >= 15 is 0 Å². The third kappa shape index (κ3) is 3.06. The Hall–Kier alpha value is -2.20. The number of nitrogens with zero attached hydrogens (tertiary/aromatic N) is 2. The van der Waals surface area contributed by atoms with Crippen molar-refractivity contribution in [1.29, 1.82) is 0 Å². The third-order valence-electron chi connectivity index (χ3n) is 4.38. The Morgan fingerprint density at radius 1 is 1.30 bits per heavy atom. The van der Waals surface area contributed by atoms with Gasteiger partial charge in [0, 0.05) is 18.6 Å². The predicted molar refractivity (Wildman–Crippen MR) is 110 cm³/mol. The third-order valence-corrected chi connectivity index (χ3v) is 8.54. The Kier molecular flexibility index (Phi) is 4.55. The van der Waals surface area contributed by atoms with Crippen LogP contribution in [0.25, 0.3) is 21.6 Å². The number of aryl methyl sites for hydroxylation is 1. The fourth-order valence-corrected chi connectivity index (χ4v) is 6.01. The minimum atomic E-state index is -3.62. The lowest BCUT2D eigenvalue weighted by molar-refractivity contribution is 0.285. The van der Waals surface area contributed by atoms with E-state index in [2.05, 4.69) is 9.97 Å². The van der Waals surface area contributed by atoms with Crippen molar-refractivity contribution in [1.82, 2.24) is 9.97 Å². The van der Waals surface area contributed by atoms with E-state index in [0.717, 1.165) is 32.0 Å². The van der Waals surface area contributed by atoms with Crippen LogP contribution < -0.4 is 4.31 Å². The summed E-state index contributed by atoms with van der Waals surface area (Å²) in [4.78, 5) is 8.44. The molecular weight excluding hydrogens is 402 g/mol. The zero-order valence-electron chi connectivity index (χ0n) is 14.6. The van der Waals surface area contributed by atoms with Gasteiger partial charge in [-0.15, -0.1) is 22.7 Å². The van der Waals surface area contributed by atoms with Crippen molar-refractivity contribution in [2.24, 2.45) is 0 Å². The summed E-state index contributed by atoms with van der Waals surface area (Å²) in [5, 5.41) is 12.7. The zero-order chi connectivity index (χ0) is 19.2. The number of aliphatic hydroxyl groups excluding tert-OH is 1. The van der Waals surface area contributed by atoms with Crippen molar-refractivity contribution in [3.8, 4) is 10.7 Å². The molecule has 0 aliphatic rings. The number of hydrogen-bond donors (Lipinski definition) is 2. The van der Waals surface area contributed by atoms with Crippen LogP contribution in [0.1, 0.15) is 10.4 Å². The first-order chi connectivity index (χ1) is 12.9. The fraction of sp³-hybridized carbons (Fsp3) is 0.167. The number of fused-ring (bicyclic) bond motifs is 1. The van der Waals surface area contributed by atoms with Crippen molar-refractivity contribution >= 4 is 49.3 Å². The summed E-state index contributed by atoms with van der Waals surface area (Å²) in [6, 6.07) is 9.03. The van der Waals surface area contributed by atoms with E-state index in [0.29, 0.717) is 9.90 Å². The van der Waals surface area contributed by atoms with Gasteiger partial charge in [-0.25, -0.2) is 13.4 Å². The molecule has 0 aliphatic heterocycles. The number of anilines is 1. The molecule has 3 aromatic heterocycles. The second-order valence-electron chi connectivity index (χ2n) is 6.07. The molecule has 0 aliphatic carbocycles. The van der Waals surface area contributed by atoms with E-state index in [9.17, 15) is 13.5 Å². The first-order valence-corrected chi connectivity index (χ1v) is 11.3. The van der Waals surface area contributed by atoms with Gasteiger partial charge in [0.05, 0.1) is 28.4 Å². The minimum absolute atomic E-state index is 0.0516. The highest BCUT2D eigenvalue weighted by atomic mass is 32.2. The Bertz CT molecular complexity index is 1210. The lowest BCUT2D eigenvalue weighted by atomic mass is 10.1. The molecule has 2 N–H and O–H groups in total. The number of rotatable bonds is 5. The number of nitrogens with one attached hydrogen (secondary N) is 1. The van der Waals surface area contributed by atoms with Crippen LogP contribution in [0.15, 0.2) is 46.1 Å². The summed E-state index contributed by atoms with van der Waals surface area (Å²) >= 11 is 2.60. The summed E-state index contributed by atoms with van der Waals surface area (Å²) < 4.78 is 27.5. The van der Waals surface area contributed by atoms with E-state index in [1.165, 1.54) is 27.0 Å². The van der Waals surface area contributed by atoms with Crippen LogP contribution in [-0.2, 0) is 16.6 Å². The first kappa shape index (κ1) is 18.2. The molecule has 140 valence electrons. The van der Waals surface area contributed by atoms with Gasteiger partial charge >= 0.3 is 0 Å². The minimum Gasteiger partial charge on any atom is -0.391 e. The fourth-order valence-electron chi connectivity index (χ4n) is 2.90. The first-order valence-electron chi connectivity index (χ1n) is 8.12. The smallest absolute Gasteiger partial charge is 0.273 e. The molecule has 0 saturated heterocycles. The highest BCUT2D eigenvalue weighted by Crippen LogP contribution is 2.36. The zero-order valence-corrected chi connectivity index (χ0v) is 17.1. The SMILES string of the molecule is Cc1ccc(N(C)S(=O)(=O)c2cccs2)c2[nH]c(-c3ncc(CO)s3)cc12. The Balaban J connectivity index is 1.85. The average molecular weight is 420 g/mol. The molecule has 6 nitrogen and oxygen atoms in total. The van der Waals surface area contributed by atoms with Crippen molar-refractivity contribution in [2.75, 3.05) is 11.4 Å². The molecule has 4 aromatic rings. The molecule has 0 fully saturated rings. The van der Waals surface area contributed by atoms with Gasteiger partial charge in [0.1, 0.15) is 9.22 Å². The largest absolute Gasteiger partial charge is 0.391 e. The maximum atomic E-state index is 12.9. The lowest BCUT2D eigenvalue weighted by Crippen LogP contribution is -2.26. The number of sulfonamides is 1. The van der Waals surface area contributed by atoms with Crippen LogP contribution in [0, 0.1) is 6.92 Å². The quantitative estimate of drug-likeness (QED) is 0.512. The number of aliphatic hydroxyl groups is 1. The van der Waals surface area contributed by atoms with E-state index < -0.39 is 10.0 Å². The van der Waals surface area contributed by atoms with Crippen molar-refractivity contribution < 1.29 is 13.5 Å². The average Bonchev–Trinajstić information content (AvgIpc) is 3.40. The Labute approximate surface area is 164 Å². The molecule has 0 spiro atoms. The van der Waals surface area contributed by atoms with E-state index in [4.69, 9.17) is 0 Å². The molecular formula is C18H17N3O3S3. The number of aromatic nitrogens is 2. The van der Waals surface area contributed by atoms with Crippen LogP contribution in [0.5, 0.6) is 0 Å². The molecule has 0 saturated carbocycles. The normalized spacial score (nSPS) is 12.0. The molecule has 1 aromatic carbocycles. The van der Waals surface area contributed by atoms with E-state index in [1.54, 1.807) is 30.8 Å². The monoisotopic (exact) mass is 419 g/mol. The number of aromatic amines is 1. The van der Waals surface area contributed by atoms with Crippen LogP contribution >= 0.6 is 22.7 Å². The summed E-state index contributed by atoms with van der Waals surface area (Å²) in [5.41, 5.74) is 3.16. The van der Waals surface area contributed by atoms with Gasteiger partial charge in [0.2, 0.25) is 0 Å². The van der Waals surface area contributed by atoms with Gasteiger partial charge in [-0.3, -0.25) is 4.31 Å². The Morgan fingerprint density at radius 2 is 2.11 bits per heavy atom. The van der Waals surface area contributed by atoms with Gasteiger partial charge in [0.15, 0.2) is 0 Å². The van der Waals surface area contributed by atoms with Crippen LogP contribution in [0.3, 0.4) is 0 Å². The number of thiazole rings is 1.